The molecule has 0 bridgehead atoms. The Kier molecular flexibility index (Phi) is 6.09. The van der Waals surface area contributed by atoms with Crippen LogP contribution in [0.2, 0.25) is 5.02 Å². The Morgan fingerprint density at radius 2 is 1.86 bits per heavy atom. The summed E-state index contributed by atoms with van der Waals surface area (Å²) in [7, 11) is 0. The molecule has 0 radical (unpaired) electrons. The maximum Gasteiger partial charge on any atom is 0.131 e. The quantitative estimate of drug-likeness (QED) is 0.712. The van der Waals surface area contributed by atoms with Crippen molar-refractivity contribution in [2.24, 2.45) is 5.92 Å². The Morgan fingerprint density at radius 1 is 1.14 bits per heavy atom. The molecule has 112 valence electrons. The Labute approximate surface area is 139 Å². The molecule has 2 aromatic carbocycles. The minimum Gasteiger partial charge on any atom is -0.457 e. The number of benzene rings is 2. The van der Waals surface area contributed by atoms with Gasteiger partial charge in [-0.05, 0) is 54.9 Å². The summed E-state index contributed by atoms with van der Waals surface area (Å²) in [5, 5.41) is 4.15. The molecular formula is C17H19BrClNO. The molecule has 21 heavy (non-hydrogen) atoms. The van der Waals surface area contributed by atoms with Crippen LogP contribution < -0.4 is 10.1 Å². The van der Waals surface area contributed by atoms with Crippen molar-refractivity contribution in [3.63, 3.8) is 0 Å². The van der Waals surface area contributed by atoms with Gasteiger partial charge in [-0.3, -0.25) is 0 Å². The Morgan fingerprint density at radius 3 is 2.52 bits per heavy atom. The zero-order valence-electron chi connectivity index (χ0n) is 12.2. The molecule has 0 saturated heterocycles. The molecular weight excluding hydrogens is 350 g/mol. The molecule has 0 fully saturated rings. The first-order valence-electron chi connectivity index (χ1n) is 6.97. The first-order valence-corrected chi connectivity index (χ1v) is 8.14. The van der Waals surface area contributed by atoms with Gasteiger partial charge in [-0.2, -0.15) is 0 Å². The van der Waals surface area contributed by atoms with E-state index in [0.717, 1.165) is 34.6 Å². The van der Waals surface area contributed by atoms with Crippen molar-refractivity contribution in [2.45, 2.75) is 20.4 Å². The average molecular weight is 369 g/mol. The summed E-state index contributed by atoms with van der Waals surface area (Å²) in [6.07, 6.45) is 0. The van der Waals surface area contributed by atoms with E-state index in [-0.39, 0.29) is 0 Å². The fourth-order valence-corrected chi connectivity index (χ4v) is 2.45. The van der Waals surface area contributed by atoms with Crippen LogP contribution in [0, 0.1) is 5.92 Å². The number of hydrogen-bond donors (Lipinski definition) is 1. The maximum atomic E-state index is 5.96. The molecule has 0 amide bonds. The van der Waals surface area contributed by atoms with Crippen molar-refractivity contribution in [1.29, 1.82) is 0 Å². The SMILES string of the molecule is CC(C)CNCc1cc(Br)ccc1Oc1ccc(Cl)cc1. The second kappa shape index (κ2) is 7.83. The third-order valence-electron chi connectivity index (χ3n) is 2.93. The third-order valence-corrected chi connectivity index (χ3v) is 3.68. The van der Waals surface area contributed by atoms with Crippen molar-refractivity contribution in [3.05, 3.63) is 57.5 Å². The van der Waals surface area contributed by atoms with Gasteiger partial charge in [0.25, 0.3) is 0 Å². The van der Waals surface area contributed by atoms with Crippen LogP contribution in [0.25, 0.3) is 0 Å². The zero-order chi connectivity index (χ0) is 15.2. The largest absolute Gasteiger partial charge is 0.457 e. The third kappa shape index (κ3) is 5.34. The molecule has 0 aromatic heterocycles. The highest BCUT2D eigenvalue weighted by Gasteiger charge is 2.06. The number of nitrogens with one attached hydrogen (secondary N) is 1. The molecule has 2 aromatic rings. The molecule has 0 atom stereocenters. The van der Waals surface area contributed by atoms with Gasteiger partial charge in [-0.15, -0.1) is 0 Å². The molecule has 0 aliphatic heterocycles. The van der Waals surface area contributed by atoms with E-state index in [9.17, 15) is 0 Å². The lowest BCUT2D eigenvalue weighted by molar-refractivity contribution is 0.469. The van der Waals surface area contributed by atoms with E-state index in [1.807, 2.05) is 36.4 Å². The molecule has 2 nitrogen and oxygen atoms in total. The first-order chi connectivity index (χ1) is 10.0. The number of halogens is 2. The second-order valence-corrected chi connectivity index (χ2v) is 6.68. The van der Waals surface area contributed by atoms with Crippen LogP contribution in [-0.2, 0) is 6.54 Å². The molecule has 0 aliphatic rings. The molecule has 2 rings (SSSR count). The van der Waals surface area contributed by atoms with E-state index in [2.05, 4.69) is 41.2 Å². The van der Waals surface area contributed by atoms with E-state index < -0.39 is 0 Å². The normalized spacial score (nSPS) is 10.9. The van der Waals surface area contributed by atoms with Crippen LogP contribution >= 0.6 is 27.5 Å². The summed E-state index contributed by atoms with van der Waals surface area (Å²) in [6, 6.07) is 13.4. The first kappa shape index (κ1) is 16.3. The van der Waals surface area contributed by atoms with E-state index in [1.165, 1.54) is 0 Å². The Hall–Kier alpha value is -1.03. The van der Waals surface area contributed by atoms with Crippen LogP contribution in [0.15, 0.2) is 46.9 Å². The minimum absolute atomic E-state index is 0.623. The van der Waals surface area contributed by atoms with Gasteiger partial charge in [0.05, 0.1) is 0 Å². The number of rotatable bonds is 6. The summed E-state index contributed by atoms with van der Waals surface area (Å²) in [4.78, 5) is 0. The highest BCUT2D eigenvalue weighted by molar-refractivity contribution is 9.10. The predicted molar refractivity (Wildman–Crippen MR) is 92.2 cm³/mol. The Bertz CT molecular complexity index is 584. The van der Waals surface area contributed by atoms with Gasteiger partial charge in [0.1, 0.15) is 11.5 Å². The highest BCUT2D eigenvalue weighted by atomic mass is 79.9. The summed E-state index contributed by atoms with van der Waals surface area (Å²) in [5.74, 6) is 2.27. The highest BCUT2D eigenvalue weighted by Crippen LogP contribution is 2.28. The van der Waals surface area contributed by atoms with Crippen LogP contribution in [0.1, 0.15) is 19.4 Å². The predicted octanol–water partition coefficient (Wildman–Crippen LogP) is 5.64. The van der Waals surface area contributed by atoms with Crippen molar-refractivity contribution in [2.75, 3.05) is 6.54 Å². The van der Waals surface area contributed by atoms with Crippen molar-refractivity contribution in [1.82, 2.24) is 5.32 Å². The van der Waals surface area contributed by atoms with Gasteiger partial charge in [0, 0.05) is 21.6 Å². The molecule has 0 unspecified atom stereocenters. The van der Waals surface area contributed by atoms with Gasteiger partial charge < -0.3 is 10.1 Å². The lowest BCUT2D eigenvalue weighted by atomic mass is 10.2. The van der Waals surface area contributed by atoms with Crippen LogP contribution in [0.3, 0.4) is 0 Å². The second-order valence-electron chi connectivity index (χ2n) is 5.33. The minimum atomic E-state index is 0.623. The number of ether oxygens (including phenoxy) is 1. The summed E-state index contributed by atoms with van der Waals surface area (Å²) in [6.45, 7) is 6.14. The van der Waals surface area contributed by atoms with E-state index in [4.69, 9.17) is 16.3 Å². The summed E-state index contributed by atoms with van der Waals surface area (Å²) in [5.41, 5.74) is 1.12. The monoisotopic (exact) mass is 367 g/mol. The fourth-order valence-electron chi connectivity index (χ4n) is 1.91. The Balaban J connectivity index is 2.12. The van der Waals surface area contributed by atoms with E-state index in [1.54, 1.807) is 0 Å². The summed E-state index contributed by atoms with van der Waals surface area (Å²) < 4.78 is 7.01. The molecule has 4 heteroatoms. The lowest BCUT2D eigenvalue weighted by Gasteiger charge is -2.13. The van der Waals surface area contributed by atoms with E-state index >= 15 is 0 Å². The standard InChI is InChI=1S/C17H19BrClNO/c1-12(2)10-20-11-13-9-14(18)3-8-17(13)21-16-6-4-15(19)5-7-16/h3-9,12,20H,10-11H2,1-2H3. The zero-order valence-corrected chi connectivity index (χ0v) is 14.5. The van der Waals surface area contributed by atoms with Crippen LogP contribution in [0.4, 0.5) is 0 Å². The fraction of sp³-hybridized carbons (Fsp3) is 0.294. The van der Waals surface area contributed by atoms with Gasteiger partial charge in [0.15, 0.2) is 0 Å². The van der Waals surface area contributed by atoms with Crippen LogP contribution in [0.5, 0.6) is 11.5 Å². The molecule has 0 spiro atoms. The van der Waals surface area contributed by atoms with Gasteiger partial charge >= 0.3 is 0 Å². The van der Waals surface area contributed by atoms with Crippen molar-refractivity contribution < 1.29 is 4.74 Å². The van der Waals surface area contributed by atoms with Crippen molar-refractivity contribution >= 4 is 27.5 Å². The maximum absolute atomic E-state index is 5.96. The lowest BCUT2D eigenvalue weighted by Crippen LogP contribution is -2.19. The molecule has 0 saturated carbocycles. The van der Waals surface area contributed by atoms with Gasteiger partial charge in [0.2, 0.25) is 0 Å². The van der Waals surface area contributed by atoms with Gasteiger partial charge in [-0.1, -0.05) is 41.4 Å². The topological polar surface area (TPSA) is 21.3 Å². The smallest absolute Gasteiger partial charge is 0.131 e. The van der Waals surface area contributed by atoms with Gasteiger partial charge in [-0.25, -0.2) is 0 Å². The van der Waals surface area contributed by atoms with Crippen LogP contribution in [-0.4, -0.2) is 6.54 Å². The molecule has 0 aliphatic carbocycles. The summed E-state index contributed by atoms with van der Waals surface area (Å²) >= 11 is 9.40. The average Bonchev–Trinajstić information content (AvgIpc) is 2.43. The van der Waals surface area contributed by atoms with E-state index in [0.29, 0.717) is 10.9 Å². The van der Waals surface area contributed by atoms with Crippen molar-refractivity contribution in [3.8, 4) is 11.5 Å². The molecule has 1 N–H and O–H groups in total. The molecule has 0 heterocycles. The number of hydrogen-bond acceptors (Lipinski definition) is 2.